The van der Waals surface area contributed by atoms with Crippen LogP contribution < -0.4 is 0 Å². The van der Waals surface area contributed by atoms with Crippen molar-refractivity contribution in [3.63, 3.8) is 0 Å². The van der Waals surface area contributed by atoms with Crippen LogP contribution in [0.4, 0.5) is 0 Å². The third kappa shape index (κ3) is 1.50. The molecule has 10 heavy (non-hydrogen) atoms. The van der Waals surface area contributed by atoms with Crippen molar-refractivity contribution < 1.29 is 0 Å². The van der Waals surface area contributed by atoms with E-state index in [1.54, 1.807) is 0 Å². The molecular formula is C8H18N2. The van der Waals surface area contributed by atoms with Crippen LogP contribution in [-0.2, 0) is 0 Å². The molecular weight excluding hydrogens is 124 g/mol. The Morgan fingerprint density at radius 3 is 2.10 bits per heavy atom. The molecule has 0 aromatic rings. The van der Waals surface area contributed by atoms with E-state index in [-0.39, 0.29) is 0 Å². The highest BCUT2D eigenvalue weighted by molar-refractivity contribution is 4.84. The summed E-state index contributed by atoms with van der Waals surface area (Å²) in [6.45, 7) is 9.41. The molecule has 2 nitrogen and oxygen atoms in total. The fourth-order valence-electron chi connectivity index (χ4n) is 1.64. The van der Waals surface area contributed by atoms with Crippen LogP contribution in [0.3, 0.4) is 0 Å². The first-order valence-electron chi connectivity index (χ1n) is 4.20. The van der Waals surface area contributed by atoms with E-state index in [4.69, 9.17) is 0 Å². The standard InChI is InChI=1S/C8H18N2/c1-4-10(5-2)8-6-9(3)7-8/h8H,4-7H2,1-3H3. The number of nitrogens with zero attached hydrogens (tertiary/aromatic N) is 2. The summed E-state index contributed by atoms with van der Waals surface area (Å²) in [6, 6.07) is 0.847. The van der Waals surface area contributed by atoms with Crippen LogP contribution in [0.1, 0.15) is 13.8 Å². The minimum absolute atomic E-state index is 0.847. The Hall–Kier alpha value is -0.0800. The first-order valence-corrected chi connectivity index (χ1v) is 4.20. The Bertz CT molecular complexity index is 93.4. The van der Waals surface area contributed by atoms with Crippen LogP contribution >= 0.6 is 0 Å². The largest absolute Gasteiger partial charge is 0.303 e. The van der Waals surface area contributed by atoms with Gasteiger partial charge < -0.3 is 4.90 Å². The second kappa shape index (κ2) is 3.35. The topological polar surface area (TPSA) is 6.48 Å². The van der Waals surface area contributed by atoms with E-state index < -0.39 is 0 Å². The molecule has 0 saturated carbocycles. The van der Waals surface area contributed by atoms with Gasteiger partial charge in [0.25, 0.3) is 0 Å². The number of likely N-dealkylation sites (N-methyl/N-ethyl adjacent to an activating group) is 2. The zero-order valence-corrected chi connectivity index (χ0v) is 7.30. The highest BCUT2D eigenvalue weighted by Crippen LogP contribution is 2.11. The average molecular weight is 142 g/mol. The van der Waals surface area contributed by atoms with Crippen molar-refractivity contribution >= 4 is 0 Å². The molecule has 0 spiro atoms. The normalized spacial score (nSPS) is 21.6. The van der Waals surface area contributed by atoms with E-state index in [0.717, 1.165) is 6.04 Å². The molecule has 0 N–H and O–H groups in total. The SMILES string of the molecule is CCN(CC)C1CN(C)C1. The summed E-state index contributed by atoms with van der Waals surface area (Å²) in [5.74, 6) is 0. The zero-order valence-electron chi connectivity index (χ0n) is 7.30. The number of hydrogen-bond acceptors (Lipinski definition) is 2. The summed E-state index contributed by atoms with van der Waals surface area (Å²) in [6.07, 6.45) is 0. The molecule has 1 saturated heterocycles. The Morgan fingerprint density at radius 2 is 1.80 bits per heavy atom. The van der Waals surface area contributed by atoms with Gasteiger partial charge in [-0.25, -0.2) is 0 Å². The van der Waals surface area contributed by atoms with Crippen LogP contribution in [0.25, 0.3) is 0 Å². The second-order valence-electron chi connectivity index (χ2n) is 3.10. The summed E-state index contributed by atoms with van der Waals surface area (Å²) >= 11 is 0. The molecule has 2 heteroatoms. The van der Waals surface area contributed by atoms with Crippen LogP contribution in [0.5, 0.6) is 0 Å². The van der Waals surface area contributed by atoms with Crippen LogP contribution in [0.2, 0.25) is 0 Å². The Morgan fingerprint density at radius 1 is 1.30 bits per heavy atom. The highest BCUT2D eigenvalue weighted by Gasteiger charge is 2.26. The maximum atomic E-state index is 2.53. The van der Waals surface area contributed by atoms with E-state index in [0.29, 0.717) is 0 Å². The van der Waals surface area contributed by atoms with Crippen molar-refractivity contribution in [2.24, 2.45) is 0 Å². The zero-order chi connectivity index (χ0) is 7.56. The van der Waals surface area contributed by atoms with E-state index in [1.807, 2.05) is 0 Å². The molecule has 0 radical (unpaired) electrons. The monoisotopic (exact) mass is 142 g/mol. The van der Waals surface area contributed by atoms with Crippen molar-refractivity contribution in [2.75, 3.05) is 33.2 Å². The molecule has 1 rings (SSSR count). The number of rotatable bonds is 3. The lowest BCUT2D eigenvalue weighted by molar-refractivity contribution is 0.0598. The van der Waals surface area contributed by atoms with Crippen molar-refractivity contribution in [3.05, 3.63) is 0 Å². The summed E-state index contributed by atoms with van der Waals surface area (Å²) < 4.78 is 0. The van der Waals surface area contributed by atoms with Gasteiger partial charge in [-0.05, 0) is 20.1 Å². The first kappa shape index (κ1) is 8.02. The maximum Gasteiger partial charge on any atom is 0.0349 e. The van der Waals surface area contributed by atoms with Gasteiger partial charge in [-0.1, -0.05) is 13.8 Å². The third-order valence-corrected chi connectivity index (χ3v) is 2.37. The van der Waals surface area contributed by atoms with Crippen molar-refractivity contribution in [2.45, 2.75) is 19.9 Å². The first-order chi connectivity index (χ1) is 4.77. The molecule has 0 atom stereocenters. The Kier molecular flexibility index (Phi) is 2.69. The predicted octanol–water partition coefficient (Wildman–Crippen LogP) is 0.642. The maximum absolute atomic E-state index is 2.53. The Balaban J connectivity index is 2.21. The van der Waals surface area contributed by atoms with Crippen LogP contribution in [-0.4, -0.2) is 49.1 Å². The summed E-state index contributed by atoms with van der Waals surface area (Å²) in [7, 11) is 2.18. The van der Waals surface area contributed by atoms with E-state index in [2.05, 4.69) is 30.7 Å². The van der Waals surface area contributed by atoms with Gasteiger partial charge in [-0.15, -0.1) is 0 Å². The lowest BCUT2D eigenvalue weighted by Gasteiger charge is -2.42. The quantitative estimate of drug-likeness (QED) is 0.570. The van der Waals surface area contributed by atoms with Gasteiger partial charge in [0, 0.05) is 19.1 Å². The van der Waals surface area contributed by atoms with Crippen LogP contribution in [0, 0.1) is 0 Å². The fraction of sp³-hybridized carbons (Fsp3) is 1.00. The van der Waals surface area contributed by atoms with Crippen molar-refractivity contribution in [1.29, 1.82) is 0 Å². The summed E-state index contributed by atoms with van der Waals surface area (Å²) in [4.78, 5) is 4.89. The molecule has 60 valence electrons. The Labute approximate surface area is 63.8 Å². The molecule has 0 aromatic carbocycles. The smallest absolute Gasteiger partial charge is 0.0349 e. The van der Waals surface area contributed by atoms with Crippen molar-refractivity contribution in [3.8, 4) is 0 Å². The summed E-state index contributed by atoms with van der Waals surface area (Å²) in [5.41, 5.74) is 0. The van der Waals surface area contributed by atoms with Gasteiger partial charge in [0.05, 0.1) is 0 Å². The fourth-order valence-corrected chi connectivity index (χ4v) is 1.64. The molecule has 1 aliphatic heterocycles. The lowest BCUT2D eigenvalue weighted by Crippen LogP contribution is -2.57. The highest BCUT2D eigenvalue weighted by atomic mass is 15.3. The van der Waals surface area contributed by atoms with E-state index >= 15 is 0 Å². The number of hydrogen-bond donors (Lipinski definition) is 0. The van der Waals surface area contributed by atoms with E-state index in [9.17, 15) is 0 Å². The minimum atomic E-state index is 0.847. The molecule has 1 aliphatic rings. The van der Waals surface area contributed by atoms with Gasteiger partial charge in [0.1, 0.15) is 0 Å². The summed E-state index contributed by atoms with van der Waals surface area (Å²) in [5, 5.41) is 0. The van der Waals surface area contributed by atoms with Crippen molar-refractivity contribution in [1.82, 2.24) is 9.80 Å². The number of likely N-dealkylation sites (tertiary alicyclic amines) is 1. The van der Waals surface area contributed by atoms with Gasteiger partial charge in [0.15, 0.2) is 0 Å². The third-order valence-electron chi connectivity index (χ3n) is 2.37. The average Bonchev–Trinajstić information content (AvgIpc) is 1.87. The molecule has 1 fully saturated rings. The minimum Gasteiger partial charge on any atom is -0.303 e. The molecule has 0 amide bonds. The van der Waals surface area contributed by atoms with Gasteiger partial charge >= 0.3 is 0 Å². The van der Waals surface area contributed by atoms with E-state index in [1.165, 1.54) is 26.2 Å². The molecule has 0 aliphatic carbocycles. The van der Waals surface area contributed by atoms with Gasteiger partial charge in [0.2, 0.25) is 0 Å². The molecule has 0 unspecified atom stereocenters. The molecule has 0 aromatic heterocycles. The molecule has 1 heterocycles. The van der Waals surface area contributed by atoms with Crippen LogP contribution in [0.15, 0.2) is 0 Å². The predicted molar refractivity (Wildman–Crippen MR) is 44.2 cm³/mol. The van der Waals surface area contributed by atoms with Gasteiger partial charge in [-0.3, -0.25) is 4.90 Å². The molecule has 0 bridgehead atoms. The second-order valence-corrected chi connectivity index (χ2v) is 3.10. The lowest BCUT2D eigenvalue weighted by atomic mass is 10.1. The van der Waals surface area contributed by atoms with Gasteiger partial charge in [-0.2, -0.15) is 0 Å².